The van der Waals surface area contributed by atoms with Crippen LogP contribution in [0.5, 0.6) is 0 Å². The number of nitrogens with one attached hydrogen (secondary N) is 1. The molecule has 2 aromatic rings. The summed E-state index contributed by atoms with van der Waals surface area (Å²) in [5, 5.41) is 2.92. The number of benzene rings is 2. The summed E-state index contributed by atoms with van der Waals surface area (Å²) >= 11 is 0. The lowest BCUT2D eigenvalue weighted by Gasteiger charge is -2.31. The predicted molar refractivity (Wildman–Crippen MR) is 129 cm³/mol. The SMILES string of the molecule is CCN(C(=O)CN1C(=O)N[C@]2(CCc3ccccc32)C1=O)[C@H]1CCN([C@H](C)c2ccccc2)C1. The number of nitrogens with zero attached hydrogens (tertiary/aromatic N) is 3. The van der Waals surface area contributed by atoms with Crippen LogP contribution in [0.1, 0.15) is 49.4 Å². The van der Waals surface area contributed by atoms with E-state index in [1.165, 1.54) is 5.56 Å². The first kappa shape index (κ1) is 22.6. The van der Waals surface area contributed by atoms with Gasteiger partial charge in [0, 0.05) is 31.7 Å². The van der Waals surface area contributed by atoms with Crippen LogP contribution < -0.4 is 5.32 Å². The summed E-state index contributed by atoms with van der Waals surface area (Å²) < 4.78 is 0. The van der Waals surface area contributed by atoms with E-state index in [1.807, 2.05) is 42.2 Å². The zero-order valence-corrected chi connectivity index (χ0v) is 19.9. The van der Waals surface area contributed by atoms with Gasteiger partial charge in [-0.2, -0.15) is 0 Å². The van der Waals surface area contributed by atoms with Gasteiger partial charge in [0.05, 0.1) is 0 Å². The molecule has 7 nitrogen and oxygen atoms in total. The maximum absolute atomic E-state index is 13.4. The molecular formula is C27H32N4O3. The number of amides is 4. The Balaban J connectivity index is 1.27. The van der Waals surface area contributed by atoms with Crippen molar-refractivity contribution in [3.63, 3.8) is 0 Å². The van der Waals surface area contributed by atoms with E-state index in [4.69, 9.17) is 0 Å². The highest BCUT2D eigenvalue weighted by Crippen LogP contribution is 2.41. The first-order valence-electron chi connectivity index (χ1n) is 12.3. The number of carbonyl (C=O) groups excluding carboxylic acids is 3. The van der Waals surface area contributed by atoms with Crippen molar-refractivity contribution in [1.29, 1.82) is 0 Å². The Bertz CT molecular complexity index is 1100. The largest absolute Gasteiger partial charge is 0.337 e. The van der Waals surface area contributed by atoms with Crippen LogP contribution in [0.4, 0.5) is 4.79 Å². The molecule has 0 radical (unpaired) electrons. The van der Waals surface area contributed by atoms with Gasteiger partial charge in [-0.3, -0.25) is 19.4 Å². The zero-order chi connectivity index (χ0) is 23.9. The van der Waals surface area contributed by atoms with Gasteiger partial charge in [-0.05, 0) is 49.8 Å². The van der Waals surface area contributed by atoms with Crippen molar-refractivity contribution in [3.05, 3.63) is 71.3 Å². The topological polar surface area (TPSA) is 73.0 Å². The number of fused-ring (bicyclic) bond motifs is 2. The summed E-state index contributed by atoms with van der Waals surface area (Å²) in [6, 6.07) is 18.0. The van der Waals surface area contributed by atoms with E-state index in [-0.39, 0.29) is 30.4 Å². The Kier molecular flexibility index (Phi) is 5.90. The fourth-order valence-corrected chi connectivity index (χ4v) is 5.91. The van der Waals surface area contributed by atoms with Crippen LogP contribution in [-0.2, 0) is 21.5 Å². The van der Waals surface area contributed by atoms with Gasteiger partial charge in [0.1, 0.15) is 12.1 Å². The third-order valence-electron chi connectivity index (χ3n) is 7.84. The summed E-state index contributed by atoms with van der Waals surface area (Å²) in [6.07, 6.45) is 2.16. The summed E-state index contributed by atoms with van der Waals surface area (Å²) in [6.45, 7) is 6.19. The Morgan fingerprint density at radius 1 is 1.15 bits per heavy atom. The second-order valence-corrected chi connectivity index (χ2v) is 9.59. The number of urea groups is 1. The van der Waals surface area contributed by atoms with Crippen LogP contribution in [0.3, 0.4) is 0 Å². The van der Waals surface area contributed by atoms with Gasteiger partial charge in [0.2, 0.25) is 5.91 Å². The summed E-state index contributed by atoms with van der Waals surface area (Å²) in [5.74, 6) is -0.480. The molecule has 0 unspecified atom stereocenters. The third-order valence-corrected chi connectivity index (χ3v) is 7.84. The van der Waals surface area contributed by atoms with Crippen molar-refractivity contribution in [2.24, 2.45) is 0 Å². The van der Waals surface area contributed by atoms with E-state index in [1.54, 1.807) is 0 Å². The lowest BCUT2D eigenvalue weighted by Crippen LogP contribution is -2.48. The monoisotopic (exact) mass is 460 g/mol. The van der Waals surface area contributed by atoms with Crippen molar-refractivity contribution >= 4 is 17.8 Å². The van der Waals surface area contributed by atoms with Gasteiger partial charge in [0.25, 0.3) is 5.91 Å². The van der Waals surface area contributed by atoms with Gasteiger partial charge < -0.3 is 10.2 Å². The number of hydrogen-bond donors (Lipinski definition) is 1. The first-order valence-corrected chi connectivity index (χ1v) is 12.3. The smallest absolute Gasteiger partial charge is 0.325 e. The highest BCUT2D eigenvalue weighted by molar-refractivity contribution is 6.09. The number of aryl methyl sites for hydroxylation is 1. The van der Waals surface area contributed by atoms with E-state index < -0.39 is 11.6 Å². The molecular weight excluding hydrogens is 428 g/mol. The van der Waals surface area contributed by atoms with E-state index in [9.17, 15) is 14.4 Å². The molecule has 2 heterocycles. The Labute approximate surface area is 200 Å². The molecule has 3 aliphatic rings. The predicted octanol–water partition coefficient (Wildman–Crippen LogP) is 3.06. The van der Waals surface area contributed by atoms with Crippen LogP contribution in [-0.4, -0.2) is 64.8 Å². The average Bonchev–Trinajstić information content (AvgIpc) is 3.54. The molecule has 1 aliphatic carbocycles. The van der Waals surface area contributed by atoms with Crippen LogP contribution in [0.2, 0.25) is 0 Å². The Hall–Kier alpha value is -3.19. The van der Waals surface area contributed by atoms with Gasteiger partial charge in [-0.1, -0.05) is 54.6 Å². The van der Waals surface area contributed by atoms with E-state index in [2.05, 4.69) is 41.4 Å². The average molecular weight is 461 g/mol. The molecule has 1 N–H and O–H groups in total. The quantitative estimate of drug-likeness (QED) is 0.673. The highest BCUT2D eigenvalue weighted by Gasteiger charge is 2.55. The van der Waals surface area contributed by atoms with Gasteiger partial charge in [-0.15, -0.1) is 0 Å². The summed E-state index contributed by atoms with van der Waals surface area (Å²) in [5.41, 5.74) is 2.18. The molecule has 0 bridgehead atoms. The second kappa shape index (κ2) is 8.87. The molecule has 178 valence electrons. The van der Waals surface area contributed by atoms with Crippen LogP contribution >= 0.6 is 0 Å². The van der Waals surface area contributed by atoms with E-state index >= 15 is 0 Å². The third kappa shape index (κ3) is 3.68. The maximum atomic E-state index is 13.4. The second-order valence-electron chi connectivity index (χ2n) is 9.59. The number of hydrogen-bond acceptors (Lipinski definition) is 4. The van der Waals surface area contributed by atoms with Crippen molar-refractivity contribution in [2.75, 3.05) is 26.2 Å². The summed E-state index contributed by atoms with van der Waals surface area (Å²) in [7, 11) is 0. The minimum absolute atomic E-state index is 0.0746. The van der Waals surface area contributed by atoms with Crippen molar-refractivity contribution in [1.82, 2.24) is 20.0 Å². The molecule has 34 heavy (non-hydrogen) atoms. The lowest BCUT2D eigenvalue weighted by molar-refractivity contribution is -0.140. The van der Waals surface area contributed by atoms with Crippen molar-refractivity contribution in [3.8, 4) is 0 Å². The fourth-order valence-electron chi connectivity index (χ4n) is 5.91. The number of likely N-dealkylation sites (tertiary alicyclic amines) is 1. The molecule has 2 aromatic carbocycles. The molecule has 0 saturated carbocycles. The Morgan fingerprint density at radius 3 is 2.65 bits per heavy atom. The molecule has 7 heteroatoms. The normalized spacial score (nSPS) is 25.0. The number of likely N-dealkylation sites (N-methyl/N-ethyl adjacent to an activating group) is 1. The van der Waals surface area contributed by atoms with Gasteiger partial charge >= 0.3 is 6.03 Å². The van der Waals surface area contributed by atoms with E-state index in [0.29, 0.717) is 13.0 Å². The fraction of sp³-hybridized carbons (Fsp3) is 0.444. The van der Waals surface area contributed by atoms with Gasteiger partial charge in [-0.25, -0.2) is 4.79 Å². The first-order chi connectivity index (χ1) is 16.4. The summed E-state index contributed by atoms with van der Waals surface area (Å²) in [4.78, 5) is 45.0. The van der Waals surface area contributed by atoms with Gasteiger partial charge in [0.15, 0.2) is 0 Å². The highest BCUT2D eigenvalue weighted by atomic mass is 16.2. The Morgan fingerprint density at radius 2 is 1.88 bits per heavy atom. The molecule has 5 rings (SSSR count). The molecule has 1 spiro atoms. The number of carbonyl (C=O) groups is 3. The van der Waals surface area contributed by atoms with Crippen LogP contribution in [0.25, 0.3) is 0 Å². The minimum atomic E-state index is -1.03. The molecule has 2 saturated heterocycles. The van der Waals surface area contributed by atoms with Crippen molar-refractivity contribution < 1.29 is 14.4 Å². The number of rotatable bonds is 6. The molecule has 3 atom stereocenters. The molecule has 4 amide bonds. The number of imide groups is 1. The standard InChI is InChI=1S/C27H32N4O3/c1-3-30(22-14-16-29(17-22)19(2)20-9-5-4-6-10-20)24(32)18-31-25(33)27(28-26(31)34)15-13-21-11-7-8-12-23(21)27/h4-12,19,22H,3,13-18H2,1-2H3,(H,28,34)/t19-,22+,27+/m1/s1. The maximum Gasteiger partial charge on any atom is 0.325 e. The molecule has 0 aromatic heterocycles. The van der Waals surface area contributed by atoms with Crippen LogP contribution in [0, 0.1) is 0 Å². The van der Waals surface area contributed by atoms with Crippen molar-refractivity contribution in [2.45, 2.75) is 50.7 Å². The molecule has 2 aliphatic heterocycles. The van der Waals surface area contributed by atoms with E-state index in [0.717, 1.165) is 42.0 Å². The lowest BCUT2D eigenvalue weighted by atomic mass is 9.92. The van der Waals surface area contributed by atoms with Crippen LogP contribution in [0.15, 0.2) is 54.6 Å². The zero-order valence-electron chi connectivity index (χ0n) is 19.9. The molecule has 2 fully saturated rings. The minimum Gasteiger partial charge on any atom is -0.337 e.